The van der Waals surface area contributed by atoms with E-state index in [0.29, 0.717) is 37.5 Å². The second-order valence-corrected chi connectivity index (χ2v) is 10.8. The molecule has 1 aromatic heterocycles. The van der Waals surface area contributed by atoms with Gasteiger partial charge in [-0.05, 0) is 48.9 Å². The number of esters is 1. The van der Waals surface area contributed by atoms with Crippen LogP contribution in [-0.4, -0.2) is 30.5 Å². The Balaban J connectivity index is 1.43. The van der Waals surface area contributed by atoms with Crippen LogP contribution in [0.15, 0.2) is 70.5 Å². The molecule has 0 radical (unpaired) electrons. The van der Waals surface area contributed by atoms with E-state index in [4.69, 9.17) is 23.9 Å². The minimum absolute atomic E-state index is 0.0575. The zero-order chi connectivity index (χ0) is 28.9. The summed E-state index contributed by atoms with van der Waals surface area (Å²) in [4.78, 5) is 32.0. The lowest BCUT2D eigenvalue weighted by Gasteiger charge is -2.44. The van der Waals surface area contributed by atoms with E-state index in [0.717, 1.165) is 12.1 Å². The molecule has 4 aromatic rings. The number of benzene rings is 3. The molecule has 0 fully saturated rings. The molecule has 41 heavy (non-hydrogen) atoms. The van der Waals surface area contributed by atoms with Crippen LogP contribution < -0.4 is 29.1 Å². The number of para-hydroxylation sites is 1. The number of methoxy groups -OCH3 is 2. The first-order valence-corrected chi connectivity index (χ1v) is 13.5. The van der Waals surface area contributed by atoms with E-state index >= 15 is 0 Å². The average molecular weight is 579 g/mol. The van der Waals surface area contributed by atoms with Gasteiger partial charge in [-0.3, -0.25) is 14.2 Å². The number of nitrogens with zero attached hydrogens (tertiary/aromatic N) is 2. The first-order valence-electron chi connectivity index (χ1n) is 12.7. The lowest BCUT2D eigenvalue weighted by atomic mass is 9.81. The van der Waals surface area contributed by atoms with Gasteiger partial charge in [-0.25, -0.2) is 13.8 Å². The van der Waals surface area contributed by atoms with Gasteiger partial charge in [0.2, 0.25) is 5.72 Å². The molecule has 2 aliphatic heterocycles. The highest BCUT2D eigenvalue weighted by Crippen LogP contribution is 2.47. The normalized spacial score (nSPS) is 20.8. The third kappa shape index (κ3) is 4.55. The summed E-state index contributed by atoms with van der Waals surface area (Å²) in [7, 11) is 2.80. The number of halogens is 2. The molecule has 2 aliphatic rings. The fourth-order valence-electron chi connectivity index (χ4n) is 5.33. The van der Waals surface area contributed by atoms with Gasteiger partial charge in [0, 0.05) is 17.2 Å². The van der Waals surface area contributed by atoms with Crippen molar-refractivity contribution in [3.8, 4) is 17.2 Å². The molecule has 0 aliphatic carbocycles. The van der Waals surface area contributed by atoms with Crippen molar-refractivity contribution in [3.05, 3.63) is 109 Å². The van der Waals surface area contributed by atoms with E-state index in [2.05, 4.69) is 0 Å². The van der Waals surface area contributed by atoms with Crippen molar-refractivity contribution < 1.29 is 32.5 Å². The molecule has 3 atom stereocenters. The molecule has 210 valence electrons. The number of ether oxygens (including phenoxy) is 4. The number of fused-ring (bicyclic) bond motifs is 6. The molecule has 0 saturated heterocycles. The summed E-state index contributed by atoms with van der Waals surface area (Å²) in [6, 6.07) is 14.9. The van der Waals surface area contributed by atoms with Gasteiger partial charge in [-0.15, -0.1) is 0 Å². The summed E-state index contributed by atoms with van der Waals surface area (Å²) < 4.78 is 51.6. The Kier molecular flexibility index (Phi) is 6.61. The molecule has 0 saturated carbocycles. The van der Waals surface area contributed by atoms with E-state index in [9.17, 15) is 18.4 Å². The maximum atomic E-state index is 14.1. The number of rotatable bonds is 6. The third-order valence-electron chi connectivity index (χ3n) is 7.21. The predicted octanol–water partition coefficient (Wildman–Crippen LogP) is 3.72. The molecule has 6 rings (SSSR count). The summed E-state index contributed by atoms with van der Waals surface area (Å²) >= 11 is 1.19. The Hall–Kier alpha value is -4.51. The van der Waals surface area contributed by atoms with Crippen molar-refractivity contribution in [2.24, 2.45) is 10.9 Å². The van der Waals surface area contributed by atoms with E-state index in [1.165, 1.54) is 36.2 Å². The highest BCUT2D eigenvalue weighted by molar-refractivity contribution is 7.07. The molecule has 11 heteroatoms. The number of aromatic nitrogens is 1. The maximum absolute atomic E-state index is 14.1. The summed E-state index contributed by atoms with van der Waals surface area (Å²) in [5, 5.41) is 0. The molecule has 0 N–H and O–H groups in total. The largest absolute Gasteiger partial charge is 0.496 e. The van der Waals surface area contributed by atoms with Gasteiger partial charge in [0.1, 0.15) is 29.8 Å². The standard InChI is InChI=1S/C30H24F2N2O6S/c1-30-25(28(36)38-3)26(19-6-4-5-7-22(19)40-30)34-27(35)24(41-29(34)33-30)13-16-8-10-21(37-2)17(12-16)15-39-23-11-9-18(31)14-20(23)32/h4-14,25-26H,15H2,1-3H3/t25-,26+,30+/m0/s1. The van der Waals surface area contributed by atoms with Gasteiger partial charge >= 0.3 is 5.97 Å². The zero-order valence-electron chi connectivity index (χ0n) is 22.2. The molecule has 0 spiro atoms. The van der Waals surface area contributed by atoms with Gasteiger partial charge < -0.3 is 18.9 Å². The zero-order valence-corrected chi connectivity index (χ0v) is 23.0. The molecule has 0 unspecified atom stereocenters. The van der Waals surface area contributed by atoms with Crippen molar-refractivity contribution in [2.75, 3.05) is 14.2 Å². The van der Waals surface area contributed by atoms with Crippen LogP contribution in [0.5, 0.6) is 17.2 Å². The van der Waals surface area contributed by atoms with E-state index in [1.54, 1.807) is 37.3 Å². The van der Waals surface area contributed by atoms with Crippen LogP contribution in [0.1, 0.15) is 29.7 Å². The Morgan fingerprint density at radius 3 is 2.66 bits per heavy atom. The van der Waals surface area contributed by atoms with E-state index in [1.807, 2.05) is 18.2 Å². The quantitative estimate of drug-likeness (QED) is 0.324. The number of hydrogen-bond acceptors (Lipinski definition) is 8. The number of thiazole rings is 1. The van der Waals surface area contributed by atoms with Crippen LogP contribution in [0, 0.1) is 17.6 Å². The lowest BCUT2D eigenvalue weighted by Crippen LogP contribution is -2.58. The first-order chi connectivity index (χ1) is 19.7. The molecular formula is C30H24F2N2O6S. The summed E-state index contributed by atoms with van der Waals surface area (Å²) in [5.74, 6) is -1.97. The Labute approximate surface area is 236 Å². The highest BCUT2D eigenvalue weighted by atomic mass is 32.1. The molecule has 8 nitrogen and oxygen atoms in total. The summed E-state index contributed by atoms with van der Waals surface area (Å²) in [6.45, 7) is 1.66. The maximum Gasteiger partial charge on any atom is 0.317 e. The fourth-order valence-corrected chi connectivity index (χ4v) is 6.43. The van der Waals surface area contributed by atoms with E-state index < -0.39 is 35.3 Å². The second-order valence-electron chi connectivity index (χ2n) is 9.76. The first kappa shape index (κ1) is 26.7. The highest BCUT2D eigenvalue weighted by Gasteiger charge is 2.55. The molecular weight excluding hydrogens is 554 g/mol. The van der Waals surface area contributed by atoms with Gasteiger partial charge in [-0.1, -0.05) is 35.6 Å². The molecule has 2 bridgehead atoms. The van der Waals surface area contributed by atoms with Crippen molar-refractivity contribution in [2.45, 2.75) is 25.3 Å². The Morgan fingerprint density at radius 1 is 1.12 bits per heavy atom. The fraction of sp³-hybridized carbons (Fsp3) is 0.233. The van der Waals surface area contributed by atoms with Crippen LogP contribution in [-0.2, 0) is 16.1 Å². The van der Waals surface area contributed by atoms with Crippen LogP contribution in [0.3, 0.4) is 0 Å². The minimum Gasteiger partial charge on any atom is -0.496 e. The van der Waals surface area contributed by atoms with Gasteiger partial charge in [0.15, 0.2) is 16.4 Å². The van der Waals surface area contributed by atoms with Gasteiger partial charge in [0.05, 0.1) is 24.8 Å². The average Bonchev–Trinajstić information content (AvgIpc) is 3.24. The minimum atomic E-state index is -1.26. The molecule has 3 aromatic carbocycles. The lowest BCUT2D eigenvalue weighted by molar-refractivity contribution is -0.158. The SMILES string of the molecule is COC(=O)[C@@H]1[C@H]2c3ccccc3O[C@@]1(C)N=c1sc(=Cc3ccc(OC)c(COc4ccc(F)cc4F)c3)c(=O)n12. The second kappa shape index (κ2) is 10.2. The summed E-state index contributed by atoms with van der Waals surface area (Å²) in [5.41, 5.74) is 0.373. The van der Waals surface area contributed by atoms with Crippen molar-refractivity contribution in [1.82, 2.24) is 4.57 Å². The third-order valence-corrected chi connectivity index (χ3v) is 8.20. The Morgan fingerprint density at radius 2 is 1.90 bits per heavy atom. The smallest absolute Gasteiger partial charge is 0.317 e. The van der Waals surface area contributed by atoms with Crippen LogP contribution in [0.25, 0.3) is 6.08 Å². The molecule has 3 heterocycles. The molecule has 0 amide bonds. The number of carbonyl (C=O) groups excluding carboxylic acids is 1. The van der Waals surface area contributed by atoms with Crippen molar-refractivity contribution in [3.63, 3.8) is 0 Å². The van der Waals surface area contributed by atoms with Crippen LogP contribution in [0.4, 0.5) is 8.78 Å². The van der Waals surface area contributed by atoms with Crippen molar-refractivity contribution in [1.29, 1.82) is 0 Å². The van der Waals surface area contributed by atoms with Gasteiger partial charge in [0.25, 0.3) is 5.56 Å². The topological polar surface area (TPSA) is 88.4 Å². The summed E-state index contributed by atoms with van der Waals surface area (Å²) in [6.07, 6.45) is 1.71. The van der Waals surface area contributed by atoms with Gasteiger partial charge in [-0.2, -0.15) is 0 Å². The number of hydrogen-bond donors (Lipinski definition) is 0. The van der Waals surface area contributed by atoms with Crippen LogP contribution in [0.2, 0.25) is 0 Å². The van der Waals surface area contributed by atoms with E-state index in [-0.39, 0.29) is 17.9 Å². The monoisotopic (exact) mass is 578 g/mol. The van der Waals surface area contributed by atoms with Crippen LogP contribution >= 0.6 is 11.3 Å². The predicted molar refractivity (Wildman–Crippen MR) is 146 cm³/mol. The number of carbonyl (C=O) groups is 1. The van der Waals surface area contributed by atoms with Crippen molar-refractivity contribution >= 4 is 23.4 Å². The Bertz CT molecular complexity index is 1870.